The van der Waals surface area contributed by atoms with Gasteiger partial charge in [0.2, 0.25) is 0 Å². The summed E-state index contributed by atoms with van der Waals surface area (Å²) in [7, 11) is 0. The Bertz CT molecular complexity index is 293. The van der Waals surface area contributed by atoms with Gasteiger partial charge in [-0.3, -0.25) is 10.2 Å². The van der Waals surface area contributed by atoms with Crippen molar-refractivity contribution in [1.29, 1.82) is 5.26 Å². The summed E-state index contributed by atoms with van der Waals surface area (Å²) < 4.78 is 36.9. The molecule has 0 heterocycles. The first-order valence-electron chi connectivity index (χ1n) is 5.76. The van der Waals surface area contributed by atoms with Crippen LogP contribution in [0, 0.1) is 11.3 Å². The molecule has 0 aromatic heterocycles. The van der Waals surface area contributed by atoms with E-state index in [1.807, 2.05) is 0 Å². The Labute approximate surface area is 99.6 Å². The van der Waals surface area contributed by atoms with Crippen molar-refractivity contribution in [2.75, 3.05) is 19.6 Å². The van der Waals surface area contributed by atoms with Crippen molar-refractivity contribution in [3.05, 3.63) is 0 Å². The number of likely N-dealkylation sites (N-methyl/N-ethyl adjacent to an activating group) is 1. The molecule has 6 heteroatoms. The van der Waals surface area contributed by atoms with Crippen LogP contribution in [0.3, 0.4) is 0 Å². The molecule has 1 aliphatic rings. The standard InChI is InChI=1S/C11H18F3N3/c1-3-17(8-11(12,13)14)7-10(2,6-15)16-9-4-5-9/h9,16H,3-5,7-8H2,1-2H3. The smallest absolute Gasteiger partial charge is 0.296 e. The molecule has 0 radical (unpaired) electrons. The largest absolute Gasteiger partial charge is 0.401 e. The van der Waals surface area contributed by atoms with Crippen LogP contribution in [0.1, 0.15) is 26.7 Å². The van der Waals surface area contributed by atoms with Gasteiger partial charge >= 0.3 is 6.18 Å². The summed E-state index contributed by atoms with van der Waals surface area (Å²) in [4.78, 5) is 1.25. The van der Waals surface area contributed by atoms with Crippen LogP contribution in [-0.2, 0) is 0 Å². The molecule has 0 aromatic rings. The van der Waals surface area contributed by atoms with Crippen LogP contribution >= 0.6 is 0 Å². The molecule has 1 rings (SSSR count). The molecule has 0 spiro atoms. The molecule has 0 amide bonds. The van der Waals surface area contributed by atoms with Crippen LogP contribution in [0.2, 0.25) is 0 Å². The molecule has 1 saturated carbocycles. The van der Waals surface area contributed by atoms with Crippen molar-refractivity contribution >= 4 is 0 Å². The summed E-state index contributed by atoms with van der Waals surface area (Å²) in [5.74, 6) is 0. The maximum Gasteiger partial charge on any atom is 0.401 e. The number of halogens is 3. The Hall–Kier alpha value is -0.800. The highest BCUT2D eigenvalue weighted by atomic mass is 19.4. The van der Waals surface area contributed by atoms with Gasteiger partial charge in [0.25, 0.3) is 0 Å². The summed E-state index contributed by atoms with van der Waals surface area (Å²) in [6, 6.07) is 2.38. The molecule has 17 heavy (non-hydrogen) atoms. The van der Waals surface area contributed by atoms with Gasteiger partial charge in [0.05, 0.1) is 12.6 Å². The van der Waals surface area contributed by atoms with E-state index >= 15 is 0 Å². The molecule has 0 aliphatic heterocycles. The Morgan fingerprint density at radius 3 is 2.29 bits per heavy atom. The second kappa shape index (κ2) is 5.23. The average molecular weight is 249 g/mol. The topological polar surface area (TPSA) is 39.1 Å². The molecule has 0 saturated heterocycles. The maximum absolute atomic E-state index is 12.3. The van der Waals surface area contributed by atoms with E-state index in [1.54, 1.807) is 13.8 Å². The lowest BCUT2D eigenvalue weighted by Gasteiger charge is -2.31. The van der Waals surface area contributed by atoms with Crippen molar-refractivity contribution < 1.29 is 13.2 Å². The molecule has 1 atom stereocenters. The Balaban J connectivity index is 2.54. The van der Waals surface area contributed by atoms with E-state index < -0.39 is 18.3 Å². The molecule has 98 valence electrons. The molecule has 1 fully saturated rings. The van der Waals surface area contributed by atoms with E-state index in [0.717, 1.165) is 12.8 Å². The van der Waals surface area contributed by atoms with Crippen LogP contribution < -0.4 is 5.32 Å². The van der Waals surface area contributed by atoms with Gasteiger partial charge in [-0.1, -0.05) is 6.92 Å². The molecule has 0 aromatic carbocycles. The number of nitrogens with zero attached hydrogens (tertiary/aromatic N) is 2. The summed E-state index contributed by atoms with van der Waals surface area (Å²) in [5.41, 5.74) is -0.900. The Morgan fingerprint density at radius 2 is 1.94 bits per heavy atom. The van der Waals surface area contributed by atoms with Gasteiger partial charge in [0.1, 0.15) is 5.54 Å². The minimum atomic E-state index is -4.22. The van der Waals surface area contributed by atoms with Gasteiger partial charge in [-0.15, -0.1) is 0 Å². The third kappa shape index (κ3) is 5.37. The van der Waals surface area contributed by atoms with Crippen molar-refractivity contribution in [2.45, 2.75) is 44.4 Å². The van der Waals surface area contributed by atoms with E-state index in [9.17, 15) is 13.2 Å². The number of nitrogens with one attached hydrogen (secondary N) is 1. The number of nitriles is 1. The van der Waals surface area contributed by atoms with Gasteiger partial charge in [-0.25, -0.2) is 0 Å². The van der Waals surface area contributed by atoms with Crippen LogP contribution in [0.4, 0.5) is 13.2 Å². The second-order valence-electron chi connectivity index (χ2n) is 4.78. The van der Waals surface area contributed by atoms with Gasteiger partial charge in [-0.05, 0) is 26.3 Å². The van der Waals surface area contributed by atoms with Crippen molar-refractivity contribution in [3.8, 4) is 6.07 Å². The van der Waals surface area contributed by atoms with Crippen molar-refractivity contribution in [2.24, 2.45) is 0 Å². The maximum atomic E-state index is 12.3. The average Bonchev–Trinajstić information content (AvgIpc) is 2.98. The molecular formula is C11H18F3N3. The molecule has 1 aliphatic carbocycles. The zero-order chi connectivity index (χ0) is 13.1. The zero-order valence-corrected chi connectivity index (χ0v) is 10.1. The number of hydrogen-bond acceptors (Lipinski definition) is 3. The normalized spacial score (nSPS) is 20.1. The van der Waals surface area contributed by atoms with Crippen molar-refractivity contribution in [1.82, 2.24) is 10.2 Å². The van der Waals surface area contributed by atoms with Crippen LogP contribution in [0.25, 0.3) is 0 Å². The van der Waals surface area contributed by atoms with Gasteiger partial charge < -0.3 is 0 Å². The third-order valence-corrected chi connectivity index (χ3v) is 2.74. The van der Waals surface area contributed by atoms with E-state index in [1.165, 1.54) is 4.90 Å². The fraction of sp³-hybridized carbons (Fsp3) is 0.909. The monoisotopic (exact) mass is 249 g/mol. The number of alkyl halides is 3. The minimum absolute atomic E-state index is 0.0933. The van der Waals surface area contributed by atoms with E-state index in [4.69, 9.17) is 5.26 Å². The zero-order valence-electron chi connectivity index (χ0n) is 10.1. The lowest BCUT2D eigenvalue weighted by molar-refractivity contribution is -0.146. The predicted octanol–water partition coefficient (Wildman–Crippen LogP) is 1.90. The molecule has 1 unspecified atom stereocenters. The quantitative estimate of drug-likeness (QED) is 0.781. The van der Waals surface area contributed by atoms with Crippen LogP contribution in [0.15, 0.2) is 0 Å². The highest BCUT2D eigenvalue weighted by Gasteiger charge is 2.37. The SMILES string of the molecule is CCN(CC(F)(F)F)CC(C)(C#N)NC1CC1. The summed E-state index contributed by atoms with van der Waals surface area (Å²) in [5, 5.41) is 12.2. The molecular weight excluding hydrogens is 231 g/mol. The molecule has 1 N–H and O–H groups in total. The molecule has 3 nitrogen and oxygen atoms in total. The number of rotatable bonds is 6. The highest BCUT2D eigenvalue weighted by molar-refractivity contribution is 5.09. The second-order valence-corrected chi connectivity index (χ2v) is 4.78. The van der Waals surface area contributed by atoms with Gasteiger partial charge in [0, 0.05) is 12.6 Å². The fourth-order valence-corrected chi connectivity index (χ4v) is 1.77. The van der Waals surface area contributed by atoms with E-state index in [0.29, 0.717) is 6.04 Å². The summed E-state index contributed by atoms with van der Waals surface area (Å²) >= 11 is 0. The Kier molecular flexibility index (Phi) is 4.39. The summed E-state index contributed by atoms with van der Waals surface area (Å²) in [6.45, 7) is 2.73. The first-order chi connectivity index (χ1) is 7.78. The highest BCUT2D eigenvalue weighted by Crippen LogP contribution is 2.23. The van der Waals surface area contributed by atoms with E-state index in [2.05, 4.69) is 11.4 Å². The molecule has 0 bridgehead atoms. The first-order valence-corrected chi connectivity index (χ1v) is 5.76. The van der Waals surface area contributed by atoms with Crippen molar-refractivity contribution in [3.63, 3.8) is 0 Å². The van der Waals surface area contributed by atoms with Crippen LogP contribution in [0.5, 0.6) is 0 Å². The Morgan fingerprint density at radius 1 is 1.35 bits per heavy atom. The summed E-state index contributed by atoms with van der Waals surface area (Å²) in [6.07, 6.45) is -2.21. The van der Waals surface area contributed by atoms with E-state index in [-0.39, 0.29) is 13.1 Å². The third-order valence-electron chi connectivity index (χ3n) is 2.74. The predicted molar refractivity (Wildman–Crippen MR) is 58.3 cm³/mol. The minimum Gasteiger partial charge on any atom is -0.296 e. The number of hydrogen-bond donors (Lipinski definition) is 1. The van der Waals surface area contributed by atoms with Crippen LogP contribution in [-0.4, -0.2) is 42.3 Å². The fourth-order valence-electron chi connectivity index (χ4n) is 1.77. The van der Waals surface area contributed by atoms with Gasteiger partial charge in [0.15, 0.2) is 0 Å². The lowest BCUT2D eigenvalue weighted by Crippen LogP contribution is -2.52. The first kappa shape index (κ1) is 14.3. The lowest BCUT2D eigenvalue weighted by atomic mass is 10.0. The van der Waals surface area contributed by atoms with Gasteiger partial charge in [-0.2, -0.15) is 18.4 Å².